The predicted octanol–water partition coefficient (Wildman–Crippen LogP) is 3.90. The Hall–Kier alpha value is -0.820. The van der Waals surface area contributed by atoms with E-state index in [0.717, 1.165) is 5.69 Å². The Kier molecular flexibility index (Phi) is 3.10. The van der Waals surface area contributed by atoms with Crippen molar-refractivity contribution in [1.29, 1.82) is 0 Å². The summed E-state index contributed by atoms with van der Waals surface area (Å²) in [5, 5.41) is 0.575. The Labute approximate surface area is 84.5 Å². The summed E-state index contributed by atoms with van der Waals surface area (Å²) in [6, 6.07) is 4.20. The first kappa shape index (κ1) is 10.3. The van der Waals surface area contributed by atoms with Gasteiger partial charge in [0.15, 0.2) is 0 Å². The van der Waals surface area contributed by atoms with Crippen LogP contribution < -0.4 is 0 Å². The van der Waals surface area contributed by atoms with Crippen molar-refractivity contribution in [2.75, 3.05) is 0 Å². The number of aryl methyl sites for hydroxylation is 3. The minimum atomic E-state index is 0.575. The van der Waals surface area contributed by atoms with Crippen LogP contribution >= 0.6 is 11.6 Å². The molecule has 2 heteroatoms. The molecule has 0 spiro atoms. The molecule has 0 amide bonds. The van der Waals surface area contributed by atoms with Gasteiger partial charge in [0.2, 0.25) is 0 Å². The maximum atomic E-state index is 5.73. The molecule has 0 aliphatic heterocycles. The van der Waals surface area contributed by atoms with Crippen LogP contribution in [0.4, 0.5) is 5.69 Å². The zero-order valence-electron chi connectivity index (χ0n) is 8.48. The highest BCUT2D eigenvalue weighted by atomic mass is 35.5. The average Bonchev–Trinajstić information content (AvgIpc) is 1.99. The van der Waals surface area contributed by atoms with Gasteiger partial charge in [0, 0.05) is 0 Å². The Morgan fingerprint density at radius 2 is 1.62 bits per heavy atom. The summed E-state index contributed by atoms with van der Waals surface area (Å²) in [6.45, 7) is 8.02. The molecular weight excluding hydrogens is 182 g/mol. The summed E-state index contributed by atoms with van der Waals surface area (Å²) in [7, 11) is 0. The van der Waals surface area contributed by atoms with Gasteiger partial charge in [0.25, 0.3) is 0 Å². The lowest BCUT2D eigenvalue weighted by atomic mass is 10.1. The highest BCUT2D eigenvalue weighted by Crippen LogP contribution is 2.23. The molecule has 0 radical (unpaired) electrons. The lowest BCUT2D eigenvalue weighted by Gasteiger charge is -2.05. The number of rotatable bonds is 1. The molecule has 0 aliphatic rings. The fourth-order valence-corrected chi connectivity index (χ4v) is 1.32. The fourth-order valence-electron chi connectivity index (χ4n) is 1.23. The van der Waals surface area contributed by atoms with E-state index < -0.39 is 0 Å². The van der Waals surface area contributed by atoms with E-state index >= 15 is 0 Å². The van der Waals surface area contributed by atoms with E-state index in [0.29, 0.717) is 5.17 Å². The van der Waals surface area contributed by atoms with Gasteiger partial charge >= 0.3 is 0 Å². The van der Waals surface area contributed by atoms with E-state index in [1.54, 1.807) is 6.92 Å². The zero-order chi connectivity index (χ0) is 10.0. The molecule has 0 saturated heterocycles. The number of benzene rings is 1. The predicted molar refractivity (Wildman–Crippen MR) is 59.3 cm³/mol. The van der Waals surface area contributed by atoms with Crippen LogP contribution in [0.25, 0.3) is 0 Å². The summed E-state index contributed by atoms with van der Waals surface area (Å²) in [4.78, 5) is 4.24. The van der Waals surface area contributed by atoms with E-state index in [9.17, 15) is 0 Å². The van der Waals surface area contributed by atoms with Gasteiger partial charge in [0.05, 0.1) is 5.69 Å². The van der Waals surface area contributed by atoms with Crippen LogP contribution in [-0.4, -0.2) is 5.17 Å². The third-order valence-corrected chi connectivity index (χ3v) is 2.17. The molecule has 70 valence electrons. The molecule has 0 aromatic heterocycles. The van der Waals surface area contributed by atoms with E-state index in [2.05, 4.69) is 31.0 Å². The van der Waals surface area contributed by atoms with Gasteiger partial charge in [-0.15, -0.1) is 0 Å². The summed E-state index contributed by atoms with van der Waals surface area (Å²) in [5.41, 5.74) is 4.68. The number of aliphatic imine (C=N–C) groups is 1. The molecule has 13 heavy (non-hydrogen) atoms. The molecule has 1 aromatic rings. The third kappa shape index (κ3) is 2.56. The standard InChI is InChI=1S/C11H14ClN/c1-7-5-9(3)11(6-8(7)2)13-10(4)12/h5-6H,1-4H3. The van der Waals surface area contributed by atoms with Crippen LogP contribution in [0, 0.1) is 20.8 Å². The van der Waals surface area contributed by atoms with Gasteiger partial charge in [-0.3, -0.25) is 0 Å². The molecular formula is C11H14ClN. The van der Waals surface area contributed by atoms with E-state index in [1.807, 2.05) is 6.92 Å². The largest absolute Gasteiger partial charge is 0.241 e. The number of halogens is 1. The summed E-state index contributed by atoms with van der Waals surface area (Å²) >= 11 is 5.73. The first-order chi connectivity index (χ1) is 6.00. The highest BCUT2D eigenvalue weighted by molar-refractivity contribution is 6.65. The monoisotopic (exact) mass is 195 g/mol. The van der Waals surface area contributed by atoms with E-state index in [1.165, 1.54) is 16.7 Å². The second-order valence-electron chi connectivity index (χ2n) is 3.33. The maximum Gasteiger partial charge on any atom is 0.103 e. The van der Waals surface area contributed by atoms with Crippen LogP contribution in [-0.2, 0) is 0 Å². The SMILES string of the molecule is CC(Cl)=Nc1cc(C)c(C)cc1C. The molecule has 0 bridgehead atoms. The number of hydrogen-bond donors (Lipinski definition) is 0. The topological polar surface area (TPSA) is 12.4 Å². The first-order valence-electron chi connectivity index (χ1n) is 4.29. The van der Waals surface area contributed by atoms with Crippen molar-refractivity contribution in [3.63, 3.8) is 0 Å². The van der Waals surface area contributed by atoms with Crippen molar-refractivity contribution in [2.24, 2.45) is 4.99 Å². The molecule has 0 N–H and O–H groups in total. The first-order valence-corrected chi connectivity index (χ1v) is 4.67. The Bertz CT molecular complexity index is 349. The molecule has 0 aliphatic carbocycles. The number of hydrogen-bond acceptors (Lipinski definition) is 1. The van der Waals surface area contributed by atoms with Crippen LogP contribution in [0.15, 0.2) is 17.1 Å². The van der Waals surface area contributed by atoms with Crippen LogP contribution in [0.2, 0.25) is 0 Å². The fraction of sp³-hybridized carbons (Fsp3) is 0.364. The van der Waals surface area contributed by atoms with Gasteiger partial charge < -0.3 is 0 Å². The molecule has 1 rings (SSSR count). The van der Waals surface area contributed by atoms with Crippen LogP contribution in [0.5, 0.6) is 0 Å². The normalized spacial score (nSPS) is 11.9. The highest BCUT2D eigenvalue weighted by Gasteiger charge is 2.00. The van der Waals surface area contributed by atoms with Crippen molar-refractivity contribution >= 4 is 22.5 Å². The van der Waals surface area contributed by atoms with Crippen molar-refractivity contribution in [1.82, 2.24) is 0 Å². The molecule has 0 fully saturated rings. The van der Waals surface area contributed by atoms with E-state index in [4.69, 9.17) is 11.6 Å². The average molecular weight is 196 g/mol. The molecule has 1 aromatic carbocycles. The molecule has 0 atom stereocenters. The van der Waals surface area contributed by atoms with Crippen molar-refractivity contribution in [3.05, 3.63) is 28.8 Å². The van der Waals surface area contributed by atoms with Crippen LogP contribution in [0.1, 0.15) is 23.6 Å². The quantitative estimate of drug-likeness (QED) is 0.603. The Morgan fingerprint density at radius 1 is 1.08 bits per heavy atom. The van der Waals surface area contributed by atoms with Gasteiger partial charge in [-0.25, -0.2) is 4.99 Å². The minimum Gasteiger partial charge on any atom is -0.241 e. The Morgan fingerprint density at radius 3 is 2.15 bits per heavy atom. The van der Waals surface area contributed by atoms with Crippen molar-refractivity contribution < 1.29 is 0 Å². The van der Waals surface area contributed by atoms with Gasteiger partial charge in [-0.2, -0.15) is 0 Å². The summed E-state index contributed by atoms with van der Waals surface area (Å²) < 4.78 is 0. The smallest absolute Gasteiger partial charge is 0.103 e. The zero-order valence-corrected chi connectivity index (χ0v) is 9.24. The van der Waals surface area contributed by atoms with Crippen LogP contribution in [0.3, 0.4) is 0 Å². The lowest BCUT2D eigenvalue weighted by molar-refractivity contribution is 1.28. The molecule has 0 unspecified atom stereocenters. The second-order valence-corrected chi connectivity index (χ2v) is 3.88. The summed E-state index contributed by atoms with van der Waals surface area (Å²) in [5.74, 6) is 0. The van der Waals surface area contributed by atoms with Gasteiger partial charge in [-0.05, 0) is 50.5 Å². The summed E-state index contributed by atoms with van der Waals surface area (Å²) in [6.07, 6.45) is 0. The van der Waals surface area contributed by atoms with Crippen molar-refractivity contribution in [3.8, 4) is 0 Å². The minimum absolute atomic E-state index is 0.575. The van der Waals surface area contributed by atoms with Gasteiger partial charge in [-0.1, -0.05) is 17.7 Å². The maximum absolute atomic E-state index is 5.73. The number of nitrogens with zero attached hydrogens (tertiary/aromatic N) is 1. The Balaban J connectivity index is 3.24. The third-order valence-electron chi connectivity index (χ3n) is 2.09. The van der Waals surface area contributed by atoms with Gasteiger partial charge in [0.1, 0.15) is 5.17 Å². The molecule has 0 heterocycles. The molecule has 1 nitrogen and oxygen atoms in total. The van der Waals surface area contributed by atoms with Crippen molar-refractivity contribution in [2.45, 2.75) is 27.7 Å². The molecule has 0 saturated carbocycles. The lowest BCUT2D eigenvalue weighted by Crippen LogP contribution is -1.85. The second kappa shape index (κ2) is 3.93. The van der Waals surface area contributed by atoms with E-state index in [-0.39, 0.29) is 0 Å².